The van der Waals surface area contributed by atoms with E-state index in [4.69, 9.17) is 4.74 Å². The number of rotatable bonds is 8. The second-order valence-corrected chi connectivity index (χ2v) is 10.3. The normalized spacial score (nSPS) is 21.6. The van der Waals surface area contributed by atoms with Gasteiger partial charge in [-0.15, -0.1) is 0 Å². The summed E-state index contributed by atoms with van der Waals surface area (Å²) < 4.78 is 19.2. The van der Waals surface area contributed by atoms with Crippen LogP contribution < -0.4 is 5.32 Å². The van der Waals surface area contributed by atoms with E-state index in [1.165, 1.54) is 24.8 Å². The molecule has 4 rings (SSSR count). The van der Waals surface area contributed by atoms with Crippen LogP contribution in [0.25, 0.3) is 0 Å². The van der Waals surface area contributed by atoms with E-state index in [0.29, 0.717) is 37.9 Å². The van der Waals surface area contributed by atoms with Gasteiger partial charge in [-0.2, -0.15) is 5.26 Å². The third kappa shape index (κ3) is 5.95. The number of carbonyl (C=O) groups is 2. The van der Waals surface area contributed by atoms with Gasteiger partial charge in [0.2, 0.25) is 5.91 Å². The molecule has 1 saturated carbocycles. The first-order valence-electron chi connectivity index (χ1n) is 13.3. The van der Waals surface area contributed by atoms with Crippen LogP contribution in [-0.4, -0.2) is 43.1 Å². The molecule has 2 amide bonds. The zero-order valence-corrected chi connectivity index (χ0v) is 21.5. The minimum atomic E-state index is -0.966. The van der Waals surface area contributed by atoms with Gasteiger partial charge in [0.25, 0.3) is 0 Å². The number of ether oxygens (including phenoxy) is 1. The number of nitrogens with one attached hydrogen (secondary N) is 1. The van der Waals surface area contributed by atoms with Crippen molar-refractivity contribution in [2.45, 2.75) is 62.8 Å². The highest BCUT2D eigenvalue weighted by Crippen LogP contribution is 2.50. The highest BCUT2D eigenvalue weighted by molar-refractivity contribution is 5.76. The summed E-state index contributed by atoms with van der Waals surface area (Å²) in [5, 5.41) is 13.7. The summed E-state index contributed by atoms with van der Waals surface area (Å²) in [5.41, 5.74) is 0.924. The summed E-state index contributed by atoms with van der Waals surface area (Å²) >= 11 is 0. The van der Waals surface area contributed by atoms with Crippen molar-refractivity contribution in [3.05, 3.63) is 71.5 Å². The molecule has 0 unspecified atom stereocenters. The number of hydrogen-bond donors (Lipinski definition) is 1. The monoisotopic (exact) mass is 505 g/mol. The number of methoxy groups -OCH3 is 1. The summed E-state index contributed by atoms with van der Waals surface area (Å²) in [4.78, 5) is 26.9. The zero-order chi connectivity index (χ0) is 26.3. The number of nitriles is 1. The molecule has 2 aromatic rings. The molecule has 1 saturated heterocycles. The van der Waals surface area contributed by atoms with Crippen molar-refractivity contribution < 1.29 is 18.7 Å². The van der Waals surface area contributed by atoms with Gasteiger partial charge < -0.3 is 15.0 Å². The van der Waals surface area contributed by atoms with Crippen LogP contribution in [-0.2, 0) is 21.4 Å². The third-order valence-electron chi connectivity index (χ3n) is 8.27. The molecule has 1 aliphatic carbocycles. The van der Waals surface area contributed by atoms with Crippen LogP contribution in [0.2, 0.25) is 0 Å². The molecular formula is C30H36FN3O3. The van der Waals surface area contributed by atoms with Crippen molar-refractivity contribution in [1.82, 2.24) is 10.2 Å². The Balaban J connectivity index is 1.49. The Morgan fingerprint density at radius 1 is 1.11 bits per heavy atom. The Labute approximate surface area is 218 Å². The summed E-state index contributed by atoms with van der Waals surface area (Å²) in [6.07, 6.45) is 5.37. The van der Waals surface area contributed by atoms with E-state index in [9.17, 15) is 19.2 Å². The zero-order valence-electron chi connectivity index (χ0n) is 21.5. The molecule has 2 fully saturated rings. The summed E-state index contributed by atoms with van der Waals surface area (Å²) in [6.45, 7) is 1.16. The number of carbonyl (C=O) groups excluding carboxylic acids is 2. The van der Waals surface area contributed by atoms with Crippen molar-refractivity contribution in [2.75, 3.05) is 20.2 Å². The SMILES string of the molecule is COC(=O)N[C@H]1CCC[C@@H]1[C@](C#N)(c1cccc(F)c1)C1CCN(C(=O)CCCc2ccccc2)CC1. The lowest BCUT2D eigenvalue weighted by Crippen LogP contribution is -2.53. The highest BCUT2D eigenvalue weighted by Gasteiger charge is 2.52. The van der Waals surface area contributed by atoms with E-state index in [1.807, 2.05) is 29.2 Å². The Bertz CT molecular complexity index is 1110. The fraction of sp³-hybridized carbons (Fsp3) is 0.500. The Kier molecular flexibility index (Phi) is 8.81. The molecule has 0 radical (unpaired) electrons. The van der Waals surface area contributed by atoms with Gasteiger partial charge in [0, 0.05) is 31.5 Å². The molecule has 0 bridgehead atoms. The second-order valence-electron chi connectivity index (χ2n) is 10.3. The molecule has 1 N–H and O–H groups in total. The van der Waals surface area contributed by atoms with Crippen LogP contribution >= 0.6 is 0 Å². The number of hydrogen-bond acceptors (Lipinski definition) is 4. The first-order chi connectivity index (χ1) is 18.0. The van der Waals surface area contributed by atoms with E-state index in [0.717, 1.165) is 32.1 Å². The minimum Gasteiger partial charge on any atom is -0.453 e. The molecule has 0 aromatic heterocycles. The number of alkyl carbamates (subject to hydrolysis) is 1. The number of piperidine rings is 1. The van der Waals surface area contributed by atoms with Gasteiger partial charge in [-0.3, -0.25) is 4.79 Å². The van der Waals surface area contributed by atoms with Crippen LogP contribution in [0.3, 0.4) is 0 Å². The fourth-order valence-corrected chi connectivity index (χ4v) is 6.46. The molecule has 1 aliphatic heterocycles. The summed E-state index contributed by atoms with van der Waals surface area (Å²) in [6, 6.07) is 18.9. The summed E-state index contributed by atoms with van der Waals surface area (Å²) in [7, 11) is 1.33. The molecule has 3 atom stereocenters. The average molecular weight is 506 g/mol. The standard InChI is InChI=1S/C30H36FN3O3/c1-37-29(36)33-27-14-7-13-26(27)30(21-32,24-11-6-12-25(31)20-24)23-16-18-34(19-17-23)28(35)15-5-10-22-8-3-2-4-9-22/h2-4,6,8-9,11-12,20,23,26-27H,5,7,10,13-19H2,1H3,(H,33,36)/t26-,27-,30-/m0/s1. The lowest BCUT2D eigenvalue weighted by molar-refractivity contribution is -0.133. The molecule has 1 heterocycles. The molecule has 37 heavy (non-hydrogen) atoms. The van der Waals surface area contributed by atoms with E-state index in [-0.39, 0.29) is 29.6 Å². The van der Waals surface area contributed by atoms with Crippen molar-refractivity contribution in [1.29, 1.82) is 5.26 Å². The largest absolute Gasteiger partial charge is 0.453 e. The molecule has 0 spiro atoms. The summed E-state index contributed by atoms with van der Waals surface area (Å²) in [5.74, 6) is -0.457. The van der Waals surface area contributed by atoms with E-state index in [1.54, 1.807) is 6.07 Å². The Morgan fingerprint density at radius 3 is 2.54 bits per heavy atom. The quantitative estimate of drug-likeness (QED) is 0.523. The smallest absolute Gasteiger partial charge is 0.407 e. The van der Waals surface area contributed by atoms with Gasteiger partial charge in [0.15, 0.2) is 0 Å². The van der Waals surface area contributed by atoms with Gasteiger partial charge in [0.05, 0.1) is 18.6 Å². The fourth-order valence-electron chi connectivity index (χ4n) is 6.46. The maximum Gasteiger partial charge on any atom is 0.407 e. The second kappa shape index (κ2) is 12.2. The molecule has 6 nitrogen and oxygen atoms in total. The molecule has 196 valence electrons. The first kappa shape index (κ1) is 26.7. The number of amides is 2. The maximum absolute atomic E-state index is 14.4. The van der Waals surface area contributed by atoms with Crippen LogP contribution in [0.1, 0.15) is 56.1 Å². The predicted octanol–water partition coefficient (Wildman–Crippen LogP) is 5.37. The number of halogens is 1. The van der Waals surface area contributed by atoms with Crippen molar-refractivity contribution in [3.8, 4) is 6.07 Å². The number of likely N-dealkylation sites (tertiary alicyclic amines) is 1. The maximum atomic E-state index is 14.4. The molecule has 2 aliphatic rings. The van der Waals surface area contributed by atoms with E-state index < -0.39 is 11.5 Å². The highest BCUT2D eigenvalue weighted by atomic mass is 19.1. The molecule has 7 heteroatoms. The van der Waals surface area contributed by atoms with Crippen LogP contribution in [0, 0.1) is 29.0 Å². The van der Waals surface area contributed by atoms with Crippen LogP contribution in [0.5, 0.6) is 0 Å². The molecule has 2 aromatic carbocycles. The topological polar surface area (TPSA) is 82.4 Å². The van der Waals surface area contributed by atoms with E-state index >= 15 is 0 Å². The number of aryl methyl sites for hydroxylation is 1. The minimum absolute atomic E-state index is 0.0577. The average Bonchev–Trinajstić information content (AvgIpc) is 3.38. The lowest BCUT2D eigenvalue weighted by Gasteiger charge is -2.46. The van der Waals surface area contributed by atoms with Crippen molar-refractivity contribution in [3.63, 3.8) is 0 Å². The lowest BCUT2D eigenvalue weighted by atomic mass is 9.59. The van der Waals surface area contributed by atoms with E-state index in [2.05, 4.69) is 23.5 Å². The Morgan fingerprint density at radius 2 is 1.86 bits per heavy atom. The third-order valence-corrected chi connectivity index (χ3v) is 8.27. The van der Waals surface area contributed by atoms with Crippen molar-refractivity contribution in [2.24, 2.45) is 11.8 Å². The van der Waals surface area contributed by atoms with Crippen molar-refractivity contribution >= 4 is 12.0 Å². The Hall–Kier alpha value is -3.40. The van der Waals surface area contributed by atoms with Gasteiger partial charge >= 0.3 is 6.09 Å². The van der Waals surface area contributed by atoms with Gasteiger partial charge in [-0.25, -0.2) is 9.18 Å². The number of nitrogens with zero attached hydrogens (tertiary/aromatic N) is 2. The van der Waals surface area contributed by atoms with Gasteiger partial charge in [-0.05, 0) is 67.7 Å². The van der Waals surface area contributed by atoms with Gasteiger partial charge in [-0.1, -0.05) is 48.9 Å². The van der Waals surface area contributed by atoms with Gasteiger partial charge in [0.1, 0.15) is 5.82 Å². The predicted molar refractivity (Wildman–Crippen MR) is 139 cm³/mol. The van der Waals surface area contributed by atoms with Crippen LogP contribution in [0.4, 0.5) is 9.18 Å². The number of benzene rings is 2. The van der Waals surface area contributed by atoms with Crippen LogP contribution in [0.15, 0.2) is 54.6 Å². The first-order valence-corrected chi connectivity index (χ1v) is 13.3. The molecular weight excluding hydrogens is 469 g/mol.